The molecule has 0 unspecified atom stereocenters. The second-order valence-electron chi connectivity index (χ2n) is 18.2. The molecule has 14 nitrogen and oxygen atoms in total. The number of carboxylic acids is 1. The molecule has 2 heterocycles. The Bertz CT molecular complexity index is 2320. The van der Waals surface area contributed by atoms with E-state index in [1.807, 2.05) is 0 Å². The molecular formula is C57H71ClN2O12. The number of esters is 3. The molecule has 0 spiro atoms. The van der Waals surface area contributed by atoms with Crippen molar-refractivity contribution in [2.45, 2.75) is 141 Å². The third kappa shape index (κ3) is 18.3. The third-order valence-electron chi connectivity index (χ3n) is 12.4. The summed E-state index contributed by atoms with van der Waals surface area (Å²) in [6, 6.07) is 24.8. The van der Waals surface area contributed by atoms with Crippen LogP contribution in [0.1, 0.15) is 165 Å². The van der Waals surface area contributed by atoms with Crippen LogP contribution in [0.5, 0.6) is 23.0 Å². The van der Waals surface area contributed by atoms with Crippen molar-refractivity contribution in [3.8, 4) is 23.0 Å². The molecule has 0 saturated carbocycles. The number of unbranched alkanes of at least 4 members (excludes halogenated alkanes) is 10. The Morgan fingerprint density at radius 1 is 0.528 bits per heavy atom. The Hall–Kier alpha value is -6.41. The minimum atomic E-state index is -0.991. The van der Waals surface area contributed by atoms with Gasteiger partial charge in [0, 0.05) is 24.2 Å². The molecule has 2 amide bonds. The van der Waals surface area contributed by atoms with E-state index < -0.39 is 36.0 Å². The molecule has 2 fully saturated rings. The predicted molar refractivity (Wildman–Crippen MR) is 275 cm³/mol. The molecule has 388 valence electrons. The van der Waals surface area contributed by atoms with Crippen LogP contribution in [0.2, 0.25) is 0 Å². The van der Waals surface area contributed by atoms with Crippen molar-refractivity contribution < 1.29 is 57.6 Å². The average Bonchev–Trinajstić information content (AvgIpc) is 4.10. The van der Waals surface area contributed by atoms with Crippen LogP contribution in [-0.2, 0) is 14.3 Å². The van der Waals surface area contributed by atoms with E-state index in [1.165, 1.54) is 73.3 Å². The van der Waals surface area contributed by atoms with Crippen molar-refractivity contribution in [1.82, 2.24) is 9.80 Å². The molecule has 2 saturated heterocycles. The van der Waals surface area contributed by atoms with Crippen molar-refractivity contribution in [3.63, 3.8) is 0 Å². The topological polar surface area (TPSA) is 175 Å². The van der Waals surface area contributed by atoms with Gasteiger partial charge < -0.3 is 38.6 Å². The zero-order valence-electron chi connectivity index (χ0n) is 42.0. The molecule has 0 aliphatic carbocycles. The van der Waals surface area contributed by atoms with E-state index in [-0.39, 0.29) is 23.8 Å². The van der Waals surface area contributed by atoms with Gasteiger partial charge in [0.05, 0.1) is 29.7 Å². The molecular weight excluding hydrogens is 940 g/mol. The first-order valence-corrected chi connectivity index (χ1v) is 26.1. The standard InChI is InChI=1S/C30H38ClNO6.C27H33NO6/c1-3-4-5-6-7-8-20-36-25-15-13-24(14-16-25)29(34)38-26-17-11-23(12-18-26)28(33)32-19-9-10-27(32)30(35)37-21-22(2)31;1-2-3-4-5-6-7-19-33-22-14-12-21(13-15-22)27(32)34-23-16-10-20(11-17-23)25(29)28-18-8-9-24(28)26(30)31/h11-18,22,27H,3-10,19-21H2,1-2H3;10-17,24H,2-9,18-19H2,1H3,(H,30,31)/t22-,27-;24-/m00/s1. The van der Waals surface area contributed by atoms with Gasteiger partial charge in [-0.15, -0.1) is 11.6 Å². The highest BCUT2D eigenvalue weighted by Crippen LogP contribution is 2.25. The number of ether oxygens (including phenoxy) is 5. The molecule has 0 aromatic heterocycles. The van der Waals surface area contributed by atoms with Crippen molar-refractivity contribution in [3.05, 3.63) is 119 Å². The maximum absolute atomic E-state index is 13.0. The number of nitrogens with zero attached hydrogens (tertiary/aromatic N) is 2. The minimum Gasteiger partial charge on any atom is -0.494 e. The molecule has 2 aliphatic rings. The lowest BCUT2D eigenvalue weighted by Gasteiger charge is -2.23. The summed E-state index contributed by atoms with van der Waals surface area (Å²) in [5.74, 6) is -0.965. The second kappa shape index (κ2) is 30.5. The van der Waals surface area contributed by atoms with Crippen molar-refractivity contribution >= 4 is 47.3 Å². The second-order valence-corrected chi connectivity index (χ2v) is 18.9. The number of hydrogen-bond acceptors (Lipinski definition) is 11. The molecule has 0 radical (unpaired) electrons. The summed E-state index contributed by atoms with van der Waals surface area (Å²) in [5.41, 5.74) is 1.57. The number of likely N-dealkylation sites (tertiary alicyclic amines) is 2. The normalized spacial score (nSPS) is 15.4. The largest absolute Gasteiger partial charge is 0.494 e. The quantitative estimate of drug-likeness (QED) is 0.0273. The highest BCUT2D eigenvalue weighted by molar-refractivity contribution is 6.20. The van der Waals surface area contributed by atoms with Crippen molar-refractivity contribution in [1.29, 1.82) is 0 Å². The minimum absolute atomic E-state index is 0.105. The number of alkyl halides is 1. The van der Waals surface area contributed by atoms with Gasteiger partial charge in [-0.2, -0.15) is 0 Å². The van der Waals surface area contributed by atoms with E-state index in [0.29, 0.717) is 79.3 Å². The zero-order chi connectivity index (χ0) is 51.7. The number of carbonyl (C=O) groups excluding carboxylic acids is 5. The van der Waals surface area contributed by atoms with E-state index in [1.54, 1.807) is 91.9 Å². The highest BCUT2D eigenvalue weighted by atomic mass is 35.5. The number of benzene rings is 4. The number of hydrogen-bond donors (Lipinski definition) is 1. The van der Waals surface area contributed by atoms with Gasteiger partial charge in [0.15, 0.2) is 0 Å². The van der Waals surface area contributed by atoms with Crippen LogP contribution in [0, 0.1) is 0 Å². The summed E-state index contributed by atoms with van der Waals surface area (Å²) in [6.45, 7) is 8.47. The SMILES string of the molecule is CCCCCCCCOc1ccc(C(=O)Oc2ccc(C(=O)N3CCC[C@H]3C(=O)O)cc2)cc1.CCCCCCCCOc1ccc(C(=O)Oc2ccc(C(=O)N3CCC[C@H]3C(=O)OC[C@H](C)Cl)cc2)cc1. The Kier molecular flexibility index (Phi) is 23.9. The maximum atomic E-state index is 13.0. The fourth-order valence-corrected chi connectivity index (χ4v) is 8.39. The third-order valence-corrected chi connectivity index (χ3v) is 12.5. The highest BCUT2D eigenvalue weighted by Gasteiger charge is 2.36. The molecule has 15 heteroatoms. The number of halogens is 1. The number of carboxylic acid groups (broad SMARTS) is 1. The Balaban J connectivity index is 0.000000269. The Labute approximate surface area is 429 Å². The van der Waals surface area contributed by atoms with Gasteiger partial charge in [0.2, 0.25) is 0 Å². The zero-order valence-corrected chi connectivity index (χ0v) is 42.8. The van der Waals surface area contributed by atoms with Gasteiger partial charge in [-0.25, -0.2) is 19.2 Å². The number of carbonyl (C=O) groups is 6. The van der Waals surface area contributed by atoms with Crippen LogP contribution in [0.25, 0.3) is 0 Å². The molecule has 72 heavy (non-hydrogen) atoms. The average molecular weight is 1010 g/mol. The van der Waals surface area contributed by atoms with Crippen molar-refractivity contribution in [2.24, 2.45) is 0 Å². The van der Waals surface area contributed by atoms with Crippen LogP contribution in [0.4, 0.5) is 0 Å². The number of aliphatic carboxylic acids is 1. The van der Waals surface area contributed by atoms with E-state index in [4.69, 9.17) is 35.3 Å². The van der Waals surface area contributed by atoms with Crippen LogP contribution in [-0.4, -0.2) is 101 Å². The summed E-state index contributed by atoms with van der Waals surface area (Å²) in [7, 11) is 0. The van der Waals surface area contributed by atoms with Gasteiger partial charge in [-0.3, -0.25) is 9.59 Å². The van der Waals surface area contributed by atoms with Crippen LogP contribution < -0.4 is 18.9 Å². The predicted octanol–water partition coefficient (Wildman–Crippen LogP) is 11.8. The van der Waals surface area contributed by atoms with Crippen LogP contribution in [0.15, 0.2) is 97.1 Å². The lowest BCUT2D eigenvalue weighted by Crippen LogP contribution is -2.41. The number of rotatable bonds is 26. The molecule has 1 N–H and O–H groups in total. The Morgan fingerprint density at radius 2 is 0.889 bits per heavy atom. The van der Waals surface area contributed by atoms with E-state index in [9.17, 15) is 33.9 Å². The first kappa shape index (κ1) is 56.5. The fraction of sp³-hybridized carbons (Fsp3) is 0.474. The lowest BCUT2D eigenvalue weighted by molar-refractivity contribution is -0.148. The molecule has 0 bridgehead atoms. The number of amides is 2. The summed E-state index contributed by atoms with van der Waals surface area (Å²) >= 11 is 5.86. The molecule has 2 aliphatic heterocycles. The van der Waals surface area contributed by atoms with Gasteiger partial charge in [0.25, 0.3) is 11.8 Å². The van der Waals surface area contributed by atoms with Gasteiger partial charge in [0.1, 0.15) is 41.7 Å². The van der Waals surface area contributed by atoms with Crippen LogP contribution in [0.3, 0.4) is 0 Å². The molecule has 4 aromatic carbocycles. The lowest BCUT2D eigenvalue weighted by atomic mass is 10.1. The van der Waals surface area contributed by atoms with Gasteiger partial charge in [-0.05, 0) is 143 Å². The Morgan fingerprint density at radius 3 is 1.29 bits per heavy atom. The monoisotopic (exact) mass is 1010 g/mol. The van der Waals surface area contributed by atoms with Gasteiger partial charge >= 0.3 is 23.9 Å². The van der Waals surface area contributed by atoms with Gasteiger partial charge in [-0.1, -0.05) is 78.1 Å². The first-order valence-electron chi connectivity index (χ1n) is 25.6. The summed E-state index contributed by atoms with van der Waals surface area (Å²) in [4.78, 5) is 77.3. The van der Waals surface area contributed by atoms with Crippen molar-refractivity contribution in [2.75, 3.05) is 32.9 Å². The van der Waals surface area contributed by atoms with Crippen LogP contribution >= 0.6 is 11.6 Å². The van der Waals surface area contributed by atoms with E-state index in [2.05, 4.69) is 13.8 Å². The molecule has 4 aromatic rings. The summed E-state index contributed by atoms with van der Waals surface area (Å²) in [6.07, 6.45) is 16.8. The fourth-order valence-electron chi connectivity index (χ4n) is 8.33. The maximum Gasteiger partial charge on any atom is 0.343 e. The van der Waals surface area contributed by atoms with E-state index >= 15 is 0 Å². The molecule has 3 atom stereocenters. The first-order chi connectivity index (χ1) is 34.9. The van der Waals surface area contributed by atoms with E-state index in [0.717, 1.165) is 43.6 Å². The smallest absolute Gasteiger partial charge is 0.343 e. The molecule has 6 rings (SSSR count). The summed E-state index contributed by atoms with van der Waals surface area (Å²) < 4.78 is 27.6. The summed E-state index contributed by atoms with van der Waals surface area (Å²) in [5, 5.41) is 8.99.